The quantitative estimate of drug-likeness (QED) is 0.572. The SMILES string of the molecule is CCN(CC(=O)Nc1c(Cl)cccc1Cl)C(=O)C(Cc1ccccc1)n1cnnn1. The molecule has 2 amide bonds. The van der Waals surface area contributed by atoms with Crippen LogP contribution in [0.1, 0.15) is 18.5 Å². The first kappa shape index (κ1) is 21.7. The lowest BCUT2D eigenvalue weighted by Crippen LogP contribution is -2.42. The van der Waals surface area contributed by atoms with E-state index in [0.717, 1.165) is 5.56 Å². The number of hydrogen-bond donors (Lipinski definition) is 1. The molecule has 1 unspecified atom stereocenters. The van der Waals surface area contributed by atoms with Gasteiger partial charge >= 0.3 is 0 Å². The molecule has 0 spiro atoms. The van der Waals surface area contributed by atoms with Crippen LogP contribution in [0.15, 0.2) is 54.9 Å². The molecular formula is C20H20Cl2N6O2. The predicted molar refractivity (Wildman–Crippen MR) is 114 cm³/mol. The Kier molecular flexibility index (Phi) is 7.37. The molecule has 1 heterocycles. The Bertz CT molecular complexity index is 978. The second-order valence-electron chi connectivity index (χ2n) is 6.49. The first-order valence-corrected chi connectivity index (χ1v) is 10.0. The normalized spacial score (nSPS) is 11.7. The fraction of sp³-hybridized carbons (Fsp3) is 0.250. The van der Waals surface area contributed by atoms with Crippen molar-refractivity contribution in [2.75, 3.05) is 18.4 Å². The summed E-state index contributed by atoms with van der Waals surface area (Å²) in [5, 5.41) is 14.5. The van der Waals surface area contributed by atoms with Crippen LogP contribution in [-0.4, -0.2) is 50.0 Å². The summed E-state index contributed by atoms with van der Waals surface area (Å²) in [6, 6.07) is 13.8. The van der Waals surface area contributed by atoms with Crippen LogP contribution in [0.5, 0.6) is 0 Å². The Balaban J connectivity index is 1.76. The number of tetrazole rings is 1. The molecule has 0 aliphatic rings. The highest BCUT2D eigenvalue weighted by molar-refractivity contribution is 6.39. The molecule has 0 fully saturated rings. The van der Waals surface area contributed by atoms with Gasteiger partial charge in [-0.05, 0) is 35.0 Å². The van der Waals surface area contributed by atoms with Gasteiger partial charge in [-0.3, -0.25) is 9.59 Å². The van der Waals surface area contributed by atoms with E-state index in [-0.39, 0.29) is 12.5 Å². The summed E-state index contributed by atoms with van der Waals surface area (Å²) >= 11 is 12.2. The van der Waals surface area contributed by atoms with E-state index < -0.39 is 11.9 Å². The average Bonchev–Trinajstić information content (AvgIpc) is 3.28. The van der Waals surface area contributed by atoms with Crippen molar-refractivity contribution in [2.24, 2.45) is 0 Å². The van der Waals surface area contributed by atoms with Gasteiger partial charge in [-0.1, -0.05) is 59.6 Å². The molecule has 0 saturated carbocycles. The zero-order chi connectivity index (χ0) is 21.5. The number of halogens is 2. The zero-order valence-electron chi connectivity index (χ0n) is 16.2. The number of nitrogens with one attached hydrogen (secondary N) is 1. The number of para-hydroxylation sites is 1. The summed E-state index contributed by atoms with van der Waals surface area (Å²) in [5.74, 6) is -0.676. The highest BCUT2D eigenvalue weighted by Crippen LogP contribution is 2.29. The highest BCUT2D eigenvalue weighted by Gasteiger charge is 2.28. The fourth-order valence-corrected chi connectivity index (χ4v) is 3.46. The lowest BCUT2D eigenvalue weighted by Gasteiger charge is -2.26. The molecule has 0 aliphatic carbocycles. The fourth-order valence-electron chi connectivity index (χ4n) is 2.97. The van der Waals surface area contributed by atoms with E-state index in [4.69, 9.17) is 23.2 Å². The van der Waals surface area contributed by atoms with Gasteiger partial charge in [0.2, 0.25) is 11.8 Å². The van der Waals surface area contributed by atoms with Gasteiger partial charge in [0.1, 0.15) is 12.4 Å². The van der Waals surface area contributed by atoms with Crippen molar-refractivity contribution in [1.29, 1.82) is 0 Å². The standard InChI is InChI=1S/C20H20Cl2N6O2/c1-2-27(12-18(29)24-19-15(21)9-6-10-16(19)22)20(30)17(28-13-23-25-26-28)11-14-7-4-3-5-8-14/h3-10,13,17H,2,11-12H2,1H3,(H,24,29). The molecule has 3 rings (SSSR count). The summed E-state index contributed by atoms with van der Waals surface area (Å²) in [4.78, 5) is 27.3. The van der Waals surface area contributed by atoms with Gasteiger partial charge in [-0.25, -0.2) is 4.68 Å². The van der Waals surface area contributed by atoms with Crippen molar-refractivity contribution in [3.8, 4) is 0 Å². The van der Waals surface area contributed by atoms with E-state index in [1.165, 1.54) is 15.9 Å². The van der Waals surface area contributed by atoms with Crippen molar-refractivity contribution in [1.82, 2.24) is 25.1 Å². The molecule has 0 aliphatic heterocycles. The molecule has 8 nitrogen and oxygen atoms in total. The van der Waals surface area contributed by atoms with Crippen LogP contribution in [0.4, 0.5) is 5.69 Å². The van der Waals surface area contributed by atoms with Crippen molar-refractivity contribution >= 4 is 40.7 Å². The number of amides is 2. The molecule has 0 radical (unpaired) electrons. The lowest BCUT2D eigenvalue weighted by molar-refractivity contribution is -0.137. The molecular weight excluding hydrogens is 427 g/mol. The van der Waals surface area contributed by atoms with Gasteiger partial charge in [-0.2, -0.15) is 0 Å². The monoisotopic (exact) mass is 446 g/mol. The molecule has 1 atom stereocenters. The average molecular weight is 447 g/mol. The number of nitrogens with zero attached hydrogens (tertiary/aromatic N) is 5. The van der Waals surface area contributed by atoms with E-state index >= 15 is 0 Å². The second-order valence-corrected chi connectivity index (χ2v) is 7.31. The zero-order valence-corrected chi connectivity index (χ0v) is 17.7. The third-order valence-corrected chi connectivity index (χ3v) is 5.13. The molecule has 156 valence electrons. The van der Waals surface area contributed by atoms with Crippen LogP contribution in [0, 0.1) is 0 Å². The van der Waals surface area contributed by atoms with E-state index in [1.54, 1.807) is 25.1 Å². The summed E-state index contributed by atoms with van der Waals surface area (Å²) in [6.45, 7) is 1.97. The smallest absolute Gasteiger partial charge is 0.248 e. The van der Waals surface area contributed by atoms with Gasteiger partial charge in [-0.15, -0.1) is 5.10 Å². The third-order valence-electron chi connectivity index (χ3n) is 4.50. The third kappa shape index (κ3) is 5.34. The van der Waals surface area contributed by atoms with Gasteiger partial charge in [0.25, 0.3) is 0 Å². The Hall–Kier alpha value is -2.97. The maximum atomic E-state index is 13.3. The first-order valence-electron chi connectivity index (χ1n) is 9.28. The number of likely N-dealkylation sites (N-methyl/N-ethyl adjacent to an activating group) is 1. The summed E-state index contributed by atoms with van der Waals surface area (Å²) in [6.07, 6.45) is 1.78. The lowest BCUT2D eigenvalue weighted by atomic mass is 10.0. The Morgan fingerprint density at radius 2 is 1.80 bits per heavy atom. The van der Waals surface area contributed by atoms with Crippen molar-refractivity contribution < 1.29 is 9.59 Å². The van der Waals surface area contributed by atoms with Crippen molar-refractivity contribution in [3.63, 3.8) is 0 Å². The van der Waals surface area contributed by atoms with E-state index in [9.17, 15) is 9.59 Å². The number of aromatic nitrogens is 4. The number of anilines is 1. The van der Waals surface area contributed by atoms with E-state index in [2.05, 4.69) is 20.8 Å². The number of benzene rings is 2. The Morgan fingerprint density at radius 1 is 1.10 bits per heavy atom. The molecule has 0 bridgehead atoms. The van der Waals surface area contributed by atoms with Gasteiger partial charge in [0.05, 0.1) is 22.3 Å². The number of carbonyl (C=O) groups excluding carboxylic acids is 2. The highest BCUT2D eigenvalue weighted by atomic mass is 35.5. The Morgan fingerprint density at radius 3 is 2.40 bits per heavy atom. The number of hydrogen-bond acceptors (Lipinski definition) is 5. The van der Waals surface area contributed by atoms with Crippen LogP contribution < -0.4 is 5.32 Å². The largest absolute Gasteiger partial charge is 0.332 e. The van der Waals surface area contributed by atoms with Crippen LogP contribution in [0.25, 0.3) is 0 Å². The van der Waals surface area contributed by atoms with Crippen molar-refractivity contribution in [3.05, 3.63) is 70.5 Å². The van der Waals surface area contributed by atoms with Gasteiger partial charge in [0.15, 0.2) is 0 Å². The van der Waals surface area contributed by atoms with Crippen LogP contribution >= 0.6 is 23.2 Å². The maximum Gasteiger partial charge on any atom is 0.248 e. The first-order chi connectivity index (χ1) is 14.5. The number of carbonyl (C=O) groups is 2. The minimum atomic E-state index is -0.681. The molecule has 2 aromatic carbocycles. The molecule has 10 heteroatoms. The molecule has 30 heavy (non-hydrogen) atoms. The summed E-state index contributed by atoms with van der Waals surface area (Å²) in [5.41, 5.74) is 1.27. The molecule has 0 saturated heterocycles. The van der Waals surface area contributed by atoms with E-state index in [0.29, 0.717) is 28.7 Å². The number of rotatable bonds is 8. The molecule has 1 N–H and O–H groups in total. The summed E-state index contributed by atoms with van der Waals surface area (Å²) in [7, 11) is 0. The summed E-state index contributed by atoms with van der Waals surface area (Å²) < 4.78 is 1.40. The predicted octanol–water partition coefficient (Wildman–Crippen LogP) is 3.25. The van der Waals surface area contributed by atoms with Crippen LogP contribution in [-0.2, 0) is 16.0 Å². The topological polar surface area (TPSA) is 93.0 Å². The van der Waals surface area contributed by atoms with Crippen molar-refractivity contribution in [2.45, 2.75) is 19.4 Å². The van der Waals surface area contributed by atoms with Gasteiger partial charge < -0.3 is 10.2 Å². The Labute approximate surface area is 183 Å². The maximum absolute atomic E-state index is 13.3. The van der Waals surface area contributed by atoms with Crippen LogP contribution in [0.3, 0.4) is 0 Å². The minimum absolute atomic E-state index is 0.162. The van der Waals surface area contributed by atoms with Gasteiger partial charge in [0, 0.05) is 13.0 Å². The van der Waals surface area contributed by atoms with Crippen LogP contribution in [0.2, 0.25) is 10.0 Å². The van der Waals surface area contributed by atoms with E-state index in [1.807, 2.05) is 30.3 Å². The molecule has 1 aromatic heterocycles. The second kappa shape index (κ2) is 10.2. The minimum Gasteiger partial charge on any atom is -0.332 e. The molecule has 3 aromatic rings.